The van der Waals surface area contributed by atoms with E-state index >= 15 is 0 Å². The highest BCUT2D eigenvalue weighted by atomic mass is 31.2. The van der Waals surface area contributed by atoms with Crippen molar-refractivity contribution in [3.05, 3.63) is 121 Å². The molecule has 0 aliphatic carbocycles. The summed E-state index contributed by atoms with van der Waals surface area (Å²) in [6.45, 7) is 17.7. The molecule has 272 valence electrons. The van der Waals surface area contributed by atoms with Gasteiger partial charge in [-0.15, -0.1) is 0 Å². The summed E-state index contributed by atoms with van der Waals surface area (Å²) in [6, 6.07) is 34.4. The lowest BCUT2D eigenvalue weighted by Gasteiger charge is -2.37. The van der Waals surface area contributed by atoms with Crippen LogP contribution in [-0.4, -0.2) is 45.7 Å². The highest BCUT2D eigenvalue weighted by molar-refractivity contribution is 7.87. The summed E-state index contributed by atoms with van der Waals surface area (Å²) in [4.78, 5) is 13.7. The molecular formula is C43H56N3O4P. The van der Waals surface area contributed by atoms with Crippen LogP contribution >= 0.6 is 7.05 Å². The van der Waals surface area contributed by atoms with Crippen LogP contribution in [0.25, 0.3) is 0 Å². The molecule has 51 heavy (non-hydrogen) atoms. The molecule has 8 heteroatoms. The molecule has 0 saturated heterocycles. The average molecular weight is 710 g/mol. The van der Waals surface area contributed by atoms with Crippen molar-refractivity contribution in [1.29, 1.82) is 0 Å². The normalized spacial score (nSPS) is 13.0. The van der Waals surface area contributed by atoms with E-state index < -0.39 is 13.1 Å². The molecule has 0 aliphatic rings. The number of hydrogen-bond donors (Lipinski definition) is 2. The molecule has 4 rings (SSSR count). The lowest BCUT2D eigenvalue weighted by Crippen LogP contribution is -2.51. The number of aryl methyl sites for hydroxylation is 1. The Labute approximate surface area is 305 Å². The van der Waals surface area contributed by atoms with Crippen molar-refractivity contribution in [2.24, 2.45) is 15.6 Å². The van der Waals surface area contributed by atoms with Crippen LogP contribution in [-0.2, 0) is 11.2 Å². The Kier molecular flexibility index (Phi) is 13.2. The van der Waals surface area contributed by atoms with E-state index in [1.165, 1.54) is 0 Å². The van der Waals surface area contributed by atoms with Gasteiger partial charge in [0, 0.05) is 22.3 Å². The summed E-state index contributed by atoms with van der Waals surface area (Å²) in [6.07, 6.45) is 1.15. The zero-order valence-electron chi connectivity index (χ0n) is 31.8. The molecule has 0 bridgehead atoms. The maximum absolute atomic E-state index is 13.7. The summed E-state index contributed by atoms with van der Waals surface area (Å²) in [5.74, 6) is 3.12. The summed E-state index contributed by atoms with van der Waals surface area (Å²) in [7, 11) is 2.43. The summed E-state index contributed by atoms with van der Waals surface area (Å²) in [5, 5.41) is 10.5. The fourth-order valence-corrected chi connectivity index (χ4v) is 9.62. The number of carbonyl (C=O) groups excluding carboxylic acids is 1. The first kappa shape index (κ1) is 39.3. The van der Waals surface area contributed by atoms with Crippen LogP contribution in [0.1, 0.15) is 53.5 Å². The van der Waals surface area contributed by atoms with Crippen molar-refractivity contribution in [2.75, 3.05) is 27.9 Å². The Morgan fingerprint density at radius 3 is 1.47 bits per heavy atom. The third kappa shape index (κ3) is 10.1. The Bertz CT molecular complexity index is 1650. The monoisotopic (exact) mass is 709 g/mol. The Balaban J connectivity index is 1.75. The zero-order valence-corrected chi connectivity index (χ0v) is 32.7. The lowest BCUT2D eigenvalue weighted by molar-refractivity contribution is -0.123. The van der Waals surface area contributed by atoms with Crippen molar-refractivity contribution in [1.82, 2.24) is 10.6 Å². The predicted octanol–water partition coefficient (Wildman–Crippen LogP) is 7.87. The van der Waals surface area contributed by atoms with E-state index in [2.05, 4.69) is 107 Å². The number of ketones is 1. The van der Waals surface area contributed by atoms with Gasteiger partial charge in [-0.2, -0.15) is 0 Å². The second-order valence-corrected chi connectivity index (χ2v) is 18.1. The molecule has 0 heterocycles. The highest BCUT2D eigenvalue weighted by Gasteiger charge is 2.34. The molecule has 7 nitrogen and oxygen atoms in total. The second kappa shape index (κ2) is 17.2. The smallest absolute Gasteiger partial charge is 0.155 e. The summed E-state index contributed by atoms with van der Waals surface area (Å²) >= 11 is 0. The number of ether oxygens (including phenoxy) is 3. The number of Topliss-reactive ketones (excluding diaryl/α,β-unsaturated/α-hetero) is 1. The average Bonchev–Trinajstić information content (AvgIpc) is 3.12. The Morgan fingerprint density at radius 2 is 1.10 bits per heavy atom. The first-order chi connectivity index (χ1) is 24.2. The number of rotatable bonds is 16. The van der Waals surface area contributed by atoms with Crippen LogP contribution in [0.15, 0.2) is 120 Å². The molecule has 0 fully saturated rings. The van der Waals surface area contributed by atoms with Crippen molar-refractivity contribution in [3.63, 3.8) is 0 Å². The van der Waals surface area contributed by atoms with Crippen LogP contribution in [0, 0.1) is 10.8 Å². The number of benzene rings is 4. The van der Waals surface area contributed by atoms with Crippen molar-refractivity contribution >= 4 is 28.8 Å². The van der Waals surface area contributed by atoms with Gasteiger partial charge in [0.1, 0.15) is 17.2 Å². The van der Waals surface area contributed by atoms with Gasteiger partial charge in [-0.25, -0.2) is 0 Å². The minimum Gasteiger partial charge on any atom is -0.497 e. The minimum atomic E-state index is -2.61. The number of nitrogens with one attached hydrogen (secondary N) is 2. The van der Waals surface area contributed by atoms with Crippen LogP contribution in [0.2, 0.25) is 0 Å². The van der Waals surface area contributed by atoms with Crippen molar-refractivity contribution < 1.29 is 19.0 Å². The van der Waals surface area contributed by atoms with Crippen molar-refractivity contribution in [2.45, 2.75) is 66.5 Å². The summed E-state index contributed by atoms with van der Waals surface area (Å²) in [5.41, 5.74) is 0.623. The molecule has 0 aliphatic heterocycles. The number of methoxy groups -OCH3 is 3. The first-order valence-electron chi connectivity index (χ1n) is 17.5. The molecule has 0 unspecified atom stereocenters. The van der Waals surface area contributed by atoms with Gasteiger partial charge in [0.05, 0.1) is 52.8 Å². The molecule has 2 atom stereocenters. The standard InChI is InChI=1S/C43H56N3O4P/c1-31(46-41(43(5,6)7)39(47)29-16-32-14-12-11-13-15-32)45-40(42(2,3)4)30-44-51(36-23-17-33(48-8)18-24-36,37-25-19-34(49-9)20-26-37)38-27-21-35(50-10)22-28-38/h11-15,17-28,40-41,45-46H,1,16,29-30H2,2-10H3/t40-,41+/m0/s1. The van der Waals surface area contributed by atoms with E-state index in [9.17, 15) is 4.79 Å². The molecular weight excluding hydrogens is 653 g/mol. The van der Waals surface area contributed by atoms with Crippen LogP contribution in [0.3, 0.4) is 0 Å². The van der Waals surface area contributed by atoms with Gasteiger partial charge in [-0.05, 0) is 95.6 Å². The SMILES string of the molecule is C=C(N[C@@H](CN=P(c1ccc(OC)cc1)(c1ccc(OC)cc1)c1ccc(OC)cc1)C(C)(C)C)N[C@H](C(=O)CCc1ccccc1)C(C)(C)C. The topological polar surface area (TPSA) is 81.2 Å². The van der Waals surface area contributed by atoms with Crippen molar-refractivity contribution in [3.8, 4) is 17.2 Å². The van der Waals surface area contributed by atoms with Gasteiger partial charge >= 0.3 is 0 Å². The third-order valence-electron chi connectivity index (χ3n) is 9.22. The number of nitrogens with zero attached hydrogens (tertiary/aromatic N) is 1. The van der Waals surface area contributed by atoms with E-state index in [4.69, 9.17) is 19.0 Å². The third-order valence-corrected chi connectivity index (χ3v) is 12.9. The Morgan fingerprint density at radius 1 is 0.667 bits per heavy atom. The van der Waals surface area contributed by atoms with Gasteiger partial charge in [0.25, 0.3) is 0 Å². The molecule has 0 amide bonds. The van der Waals surface area contributed by atoms with Gasteiger partial charge < -0.3 is 24.8 Å². The van der Waals surface area contributed by atoms with Gasteiger partial charge in [-0.3, -0.25) is 9.54 Å². The van der Waals surface area contributed by atoms with E-state index in [0.29, 0.717) is 25.2 Å². The highest BCUT2D eigenvalue weighted by Crippen LogP contribution is 2.47. The number of hydrogen-bond acceptors (Lipinski definition) is 7. The molecule has 0 aromatic heterocycles. The maximum Gasteiger partial charge on any atom is 0.155 e. The zero-order chi connectivity index (χ0) is 37.2. The molecule has 0 saturated carbocycles. The molecule has 0 radical (unpaired) electrons. The predicted molar refractivity (Wildman–Crippen MR) is 214 cm³/mol. The van der Waals surface area contributed by atoms with Crippen LogP contribution in [0.4, 0.5) is 0 Å². The molecule has 2 N–H and O–H groups in total. The first-order valence-corrected chi connectivity index (χ1v) is 19.3. The van der Waals surface area contributed by atoms with Gasteiger partial charge in [0.15, 0.2) is 5.78 Å². The Hall–Kier alpha value is -4.48. The van der Waals surface area contributed by atoms with E-state index in [1.807, 2.05) is 54.6 Å². The largest absolute Gasteiger partial charge is 0.497 e. The lowest BCUT2D eigenvalue weighted by atomic mass is 9.82. The van der Waals surface area contributed by atoms with E-state index in [0.717, 1.165) is 38.7 Å². The van der Waals surface area contributed by atoms with E-state index in [1.54, 1.807) is 21.3 Å². The van der Waals surface area contributed by atoms with Crippen LogP contribution in [0.5, 0.6) is 17.2 Å². The quantitative estimate of drug-likeness (QED) is 0.115. The minimum absolute atomic E-state index is 0.119. The van der Waals surface area contributed by atoms with Gasteiger partial charge in [0.2, 0.25) is 0 Å². The molecule has 0 spiro atoms. The number of carbonyl (C=O) groups is 1. The fraction of sp³-hybridized carbons (Fsp3) is 0.372. The molecule has 4 aromatic carbocycles. The van der Waals surface area contributed by atoms with Crippen LogP contribution < -0.4 is 40.8 Å². The summed E-state index contributed by atoms with van der Waals surface area (Å²) < 4.78 is 22.4. The van der Waals surface area contributed by atoms with E-state index in [-0.39, 0.29) is 22.7 Å². The molecule has 4 aromatic rings. The second-order valence-electron chi connectivity index (χ2n) is 15.0. The van der Waals surface area contributed by atoms with Gasteiger partial charge in [-0.1, -0.05) is 78.5 Å². The fourth-order valence-electron chi connectivity index (χ4n) is 6.09. The maximum atomic E-state index is 13.7.